The number of carbonyl (C=O) groups excluding carboxylic acids is 4. The number of halogens is 1. The van der Waals surface area contributed by atoms with Crippen molar-refractivity contribution < 1.29 is 54.6 Å². The number of carbonyl (C=O) groups is 5. The SMILES string of the molecule is CC1c2ccc(NC(=O)C(Br)CCC(=O)O)c(O)c2C(O)=C2C(=O)[C@]3(O)C(O)=C(C(N)=O)C(=O)[C@@H](N(C)C)C3C(O)C21. The predicted molar refractivity (Wildman–Crippen MR) is 149 cm³/mol. The standard InChI is InChI=1S/C27H30BrN3O11/c1-8-9-4-6-11(30-26(41)10(28)5-7-12(32)33)19(34)14(9)20(35)15-13(8)21(36)17-18(31(2)3)22(37)16(25(29)40)24(39)27(17,42)23(15)38/h4,6,8,10,13,17-18,21,34-36,39,42H,5,7H2,1-3H3,(H2,29,40)(H,30,41)(H,32,33)/t8?,10?,13?,17?,18-,21?,27-/m0/s1. The van der Waals surface area contributed by atoms with Crippen LogP contribution in [0.15, 0.2) is 29.0 Å². The van der Waals surface area contributed by atoms with Gasteiger partial charge < -0.3 is 41.7 Å². The van der Waals surface area contributed by atoms with Gasteiger partial charge in [0.15, 0.2) is 11.4 Å². The maximum Gasteiger partial charge on any atom is 0.303 e. The third kappa shape index (κ3) is 4.47. The van der Waals surface area contributed by atoms with E-state index in [0.29, 0.717) is 0 Å². The number of aliphatic carboxylic acids is 1. The summed E-state index contributed by atoms with van der Waals surface area (Å²) in [6, 6.07) is 1.30. The van der Waals surface area contributed by atoms with Crippen molar-refractivity contribution in [1.29, 1.82) is 0 Å². The number of phenolic OH excluding ortho intramolecular Hbond substituents is 1. The Kier molecular flexibility index (Phi) is 8.01. The van der Waals surface area contributed by atoms with Crippen LogP contribution in [0.25, 0.3) is 5.76 Å². The lowest BCUT2D eigenvalue weighted by Gasteiger charge is -2.53. The molecule has 0 heterocycles. The maximum atomic E-state index is 14.0. The number of carboxylic acids is 1. The minimum atomic E-state index is -3.04. The number of hydrogen-bond acceptors (Lipinski definition) is 11. The maximum absolute atomic E-state index is 14.0. The highest BCUT2D eigenvalue weighted by molar-refractivity contribution is 9.10. The van der Waals surface area contributed by atoms with E-state index in [1.54, 1.807) is 6.92 Å². The number of ketones is 2. The molecule has 0 aromatic heterocycles. The number of carboxylic acid groups (broad SMARTS) is 1. The topological polar surface area (TPSA) is 248 Å². The lowest BCUT2D eigenvalue weighted by Crippen LogP contribution is -2.70. The zero-order chi connectivity index (χ0) is 31.6. The van der Waals surface area contributed by atoms with Crippen LogP contribution in [0, 0.1) is 11.8 Å². The number of aromatic hydroxyl groups is 1. The smallest absolute Gasteiger partial charge is 0.303 e. The number of amides is 2. The van der Waals surface area contributed by atoms with E-state index in [4.69, 9.17) is 10.8 Å². The van der Waals surface area contributed by atoms with Crippen molar-refractivity contribution >= 4 is 56.7 Å². The number of aliphatic hydroxyl groups is 4. The average Bonchev–Trinajstić information content (AvgIpc) is 2.90. The zero-order valence-electron chi connectivity index (χ0n) is 22.7. The minimum absolute atomic E-state index is 0.0617. The van der Waals surface area contributed by atoms with E-state index < -0.39 is 98.1 Å². The lowest BCUT2D eigenvalue weighted by molar-refractivity contribution is -0.169. The third-order valence-electron chi connectivity index (χ3n) is 8.28. The molecule has 4 rings (SSSR count). The molecule has 9 N–H and O–H groups in total. The Balaban J connectivity index is 1.87. The van der Waals surface area contributed by atoms with Gasteiger partial charge in [0, 0.05) is 17.9 Å². The summed E-state index contributed by atoms with van der Waals surface area (Å²) in [5, 5.41) is 68.0. The molecule has 226 valence electrons. The normalized spacial score (nSPS) is 29.5. The molecule has 0 saturated heterocycles. The molecule has 3 aliphatic carbocycles. The Bertz CT molecular complexity index is 1490. The van der Waals surface area contributed by atoms with Crippen molar-refractivity contribution in [2.45, 2.75) is 48.3 Å². The second-order valence-electron chi connectivity index (χ2n) is 10.9. The molecule has 1 aromatic carbocycles. The fourth-order valence-electron chi connectivity index (χ4n) is 6.31. The number of benzene rings is 1. The van der Waals surface area contributed by atoms with Crippen LogP contribution in [-0.2, 0) is 24.0 Å². The Morgan fingerprint density at radius 1 is 1.17 bits per heavy atom. The highest BCUT2D eigenvalue weighted by atomic mass is 79.9. The van der Waals surface area contributed by atoms with Crippen LogP contribution in [0.3, 0.4) is 0 Å². The van der Waals surface area contributed by atoms with Gasteiger partial charge >= 0.3 is 5.97 Å². The van der Waals surface area contributed by atoms with Gasteiger partial charge in [-0.25, -0.2) is 0 Å². The molecule has 0 aliphatic heterocycles. The van der Waals surface area contributed by atoms with Crippen LogP contribution in [0.4, 0.5) is 5.69 Å². The van der Waals surface area contributed by atoms with Crippen molar-refractivity contribution in [3.8, 4) is 5.75 Å². The van der Waals surface area contributed by atoms with Gasteiger partial charge in [-0.3, -0.25) is 28.9 Å². The molecule has 15 heteroatoms. The van der Waals surface area contributed by atoms with Gasteiger partial charge in [-0.1, -0.05) is 28.9 Å². The van der Waals surface area contributed by atoms with Gasteiger partial charge in [0.05, 0.1) is 34.1 Å². The van der Waals surface area contributed by atoms with Gasteiger partial charge in [-0.2, -0.15) is 0 Å². The molecule has 0 bridgehead atoms. The van der Waals surface area contributed by atoms with Gasteiger partial charge in [0.1, 0.15) is 22.8 Å². The summed E-state index contributed by atoms with van der Waals surface area (Å²) in [5.41, 5.74) is 0.457. The summed E-state index contributed by atoms with van der Waals surface area (Å²) >= 11 is 3.08. The summed E-state index contributed by atoms with van der Waals surface area (Å²) < 4.78 is 0. The summed E-state index contributed by atoms with van der Waals surface area (Å²) in [4.78, 5) is 63.1. The van der Waals surface area contributed by atoms with Crippen LogP contribution >= 0.6 is 15.9 Å². The highest BCUT2D eigenvalue weighted by Crippen LogP contribution is 2.56. The van der Waals surface area contributed by atoms with Gasteiger partial charge in [-0.15, -0.1) is 0 Å². The molecule has 0 radical (unpaired) electrons. The molecule has 2 amide bonds. The Morgan fingerprint density at radius 3 is 2.33 bits per heavy atom. The van der Waals surface area contributed by atoms with Crippen molar-refractivity contribution in [3.05, 3.63) is 40.2 Å². The average molecular weight is 652 g/mol. The molecular formula is C27H30BrN3O11. The van der Waals surface area contributed by atoms with E-state index in [-0.39, 0.29) is 29.7 Å². The number of hydrogen-bond donors (Lipinski definition) is 8. The molecular weight excluding hydrogens is 622 g/mol. The monoisotopic (exact) mass is 651 g/mol. The van der Waals surface area contributed by atoms with Gasteiger partial charge in [-0.05, 0) is 38.1 Å². The van der Waals surface area contributed by atoms with E-state index in [1.807, 2.05) is 0 Å². The van der Waals surface area contributed by atoms with Crippen LogP contribution in [0.2, 0.25) is 0 Å². The fourth-order valence-corrected chi connectivity index (χ4v) is 6.65. The molecule has 0 spiro atoms. The van der Waals surface area contributed by atoms with Crippen molar-refractivity contribution in [2.24, 2.45) is 17.6 Å². The number of fused-ring (bicyclic) bond motifs is 3. The third-order valence-corrected chi connectivity index (χ3v) is 9.16. The first-order valence-corrected chi connectivity index (χ1v) is 13.7. The summed E-state index contributed by atoms with van der Waals surface area (Å²) in [7, 11) is 2.83. The molecule has 1 fully saturated rings. The fraction of sp³-hybridized carbons (Fsp3) is 0.444. The Labute approximate surface area is 247 Å². The van der Waals surface area contributed by atoms with E-state index in [2.05, 4.69) is 21.2 Å². The molecule has 5 unspecified atom stereocenters. The van der Waals surface area contributed by atoms with Crippen LogP contribution in [0.5, 0.6) is 5.75 Å². The van der Waals surface area contributed by atoms with Crippen molar-refractivity contribution in [2.75, 3.05) is 19.4 Å². The van der Waals surface area contributed by atoms with E-state index in [0.717, 1.165) is 0 Å². The summed E-state index contributed by atoms with van der Waals surface area (Å²) in [6.07, 6.45) is -2.10. The van der Waals surface area contributed by atoms with Crippen molar-refractivity contribution in [1.82, 2.24) is 4.90 Å². The number of phenols is 1. The Morgan fingerprint density at radius 2 is 1.79 bits per heavy atom. The molecule has 1 aromatic rings. The number of aliphatic hydroxyl groups excluding tert-OH is 3. The largest absolute Gasteiger partial charge is 0.508 e. The number of likely N-dealkylation sites (N-methyl/N-ethyl adjacent to an activating group) is 1. The van der Waals surface area contributed by atoms with Crippen LogP contribution < -0.4 is 11.1 Å². The van der Waals surface area contributed by atoms with Gasteiger partial charge in [0.25, 0.3) is 5.91 Å². The number of nitrogens with two attached hydrogens (primary N) is 1. The number of Topliss-reactive ketones (excluding diaryl/α,β-unsaturated/α-hetero) is 2. The number of nitrogens with zero attached hydrogens (tertiary/aromatic N) is 1. The number of rotatable bonds is 7. The van der Waals surface area contributed by atoms with E-state index >= 15 is 0 Å². The Hall–Kier alpha value is -3.79. The van der Waals surface area contributed by atoms with E-state index in [1.165, 1.54) is 31.1 Å². The molecule has 42 heavy (non-hydrogen) atoms. The first-order chi connectivity index (χ1) is 19.5. The summed E-state index contributed by atoms with van der Waals surface area (Å²) in [6.45, 7) is 1.58. The quantitative estimate of drug-likeness (QED) is 0.111. The highest BCUT2D eigenvalue weighted by Gasteiger charge is 2.68. The van der Waals surface area contributed by atoms with Crippen molar-refractivity contribution in [3.63, 3.8) is 0 Å². The second-order valence-corrected chi connectivity index (χ2v) is 12.0. The lowest BCUT2D eigenvalue weighted by atomic mass is 9.54. The molecule has 7 atom stereocenters. The number of nitrogens with one attached hydrogen (secondary N) is 1. The summed E-state index contributed by atoms with van der Waals surface area (Å²) in [5.74, 6) is -12.1. The number of primary amides is 1. The molecule has 1 saturated carbocycles. The van der Waals surface area contributed by atoms with Gasteiger partial charge in [0.2, 0.25) is 11.7 Å². The predicted octanol–water partition coefficient (Wildman–Crippen LogP) is 0.0626. The zero-order valence-corrected chi connectivity index (χ0v) is 24.2. The first kappa shape index (κ1) is 31.2. The number of alkyl halides is 1. The minimum Gasteiger partial charge on any atom is -0.508 e. The molecule has 3 aliphatic rings. The van der Waals surface area contributed by atoms with Crippen LogP contribution in [0.1, 0.15) is 36.8 Å². The van der Waals surface area contributed by atoms with Crippen LogP contribution in [-0.4, -0.2) is 102 Å². The second kappa shape index (κ2) is 10.8. The van der Waals surface area contributed by atoms with E-state index in [9.17, 15) is 49.5 Å². The first-order valence-electron chi connectivity index (χ1n) is 12.8. The molecule has 14 nitrogen and oxygen atoms in total. The number of anilines is 1.